The van der Waals surface area contributed by atoms with Crippen molar-refractivity contribution in [2.45, 2.75) is 19.4 Å². The molecule has 0 amide bonds. The zero-order valence-electron chi connectivity index (χ0n) is 8.46. The summed E-state index contributed by atoms with van der Waals surface area (Å²) in [5.41, 5.74) is 6.79. The minimum atomic E-state index is 0.391. The Morgan fingerprint density at radius 2 is 2.00 bits per heavy atom. The summed E-state index contributed by atoms with van der Waals surface area (Å²) in [6.07, 6.45) is 1.02. The van der Waals surface area contributed by atoms with E-state index in [1.807, 2.05) is 12.1 Å². The molecule has 1 aromatic rings. The van der Waals surface area contributed by atoms with Crippen LogP contribution in [0.25, 0.3) is 0 Å². The summed E-state index contributed by atoms with van der Waals surface area (Å²) in [6.45, 7) is 3.72. The second-order valence-electron chi connectivity index (χ2n) is 3.47. The van der Waals surface area contributed by atoms with Crippen molar-refractivity contribution in [3.63, 3.8) is 0 Å². The minimum Gasteiger partial charge on any atom is -0.329 e. The second-order valence-corrected chi connectivity index (χ2v) is 3.90. The van der Waals surface area contributed by atoms with Crippen LogP contribution in [0.4, 0.5) is 0 Å². The number of rotatable bonds is 5. The number of benzene rings is 1. The third-order valence-electron chi connectivity index (χ3n) is 2.17. The van der Waals surface area contributed by atoms with Gasteiger partial charge in [0.15, 0.2) is 0 Å². The van der Waals surface area contributed by atoms with Crippen molar-refractivity contribution in [1.82, 2.24) is 5.32 Å². The summed E-state index contributed by atoms with van der Waals surface area (Å²) >= 11 is 5.79. The summed E-state index contributed by atoms with van der Waals surface area (Å²) in [5.74, 6) is 0. The monoisotopic (exact) mass is 212 g/mol. The van der Waals surface area contributed by atoms with Crippen molar-refractivity contribution in [3.05, 3.63) is 34.9 Å². The van der Waals surface area contributed by atoms with Crippen molar-refractivity contribution < 1.29 is 0 Å². The first-order valence-electron chi connectivity index (χ1n) is 4.90. The van der Waals surface area contributed by atoms with E-state index in [9.17, 15) is 0 Å². The molecule has 1 aromatic carbocycles. The van der Waals surface area contributed by atoms with Gasteiger partial charge in [0.25, 0.3) is 0 Å². The average molecular weight is 213 g/mol. The molecule has 0 radical (unpaired) electrons. The molecule has 0 aliphatic rings. The molecule has 1 atom stereocenters. The van der Waals surface area contributed by atoms with E-state index >= 15 is 0 Å². The van der Waals surface area contributed by atoms with Crippen molar-refractivity contribution in [3.8, 4) is 0 Å². The molecular formula is C11H17ClN2. The standard InChI is InChI=1S/C11H17ClN2/c1-9(8-13)14-7-6-10-2-4-11(12)5-3-10/h2-5,9,14H,6-8,13H2,1H3/t9-/m0/s1. The van der Waals surface area contributed by atoms with Gasteiger partial charge in [0, 0.05) is 17.6 Å². The van der Waals surface area contributed by atoms with E-state index in [-0.39, 0.29) is 0 Å². The zero-order valence-corrected chi connectivity index (χ0v) is 9.22. The molecule has 1 rings (SSSR count). The Bertz CT molecular complexity index is 258. The SMILES string of the molecule is C[C@@H](CN)NCCc1ccc(Cl)cc1. The normalized spacial score (nSPS) is 12.8. The maximum Gasteiger partial charge on any atom is 0.0406 e. The second kappa shape index (κ2) is 6.02. The Kier molecular flexibility index (Phi) is 4.94. The fraction of sp³-hybridized carbons (Fsp3) is 0.455. The van der Waals surface area contributed by atoms with Crippen LogP contribution in [-0.4, -0.2) is 19.1 Å². The van der Waals surface area contributed by atoms with Gasteiger partial charge in [0.2, 0.25) is 0 Å². The van der Waals surface area contributed by atoms with Crippen molar-refractivity contribution in [2.75, 3.05) is 13.1 Å². The molecule has 2 nitrogen and oxygen atoms in total. The highest BCUT2D eigenvalue weighted by molar-refractivity contribution is 6.30. The van der Waals surface area contributed by atoms with Crippen molar-refractivity contribution >= 4 is 11.6 Å². The first-order chi connectivity index (χ1) is 6.72. The van der Waals surface area contributed by atoms with Gasteiger partial charge in [-0.25, -0.2) is 0 Å². The first kappa shape index (κ1) is 11.5. The van der Waals surface area contributed by atoms with Gasteiger partial charge in [0.1, 0.15) is 0 Å². The van der Waals surface area contributed by atoms with E-state index in [1.165, 1.54) is 5.56 Å². The molecule has 0 saturated carbocycles. The highest BCUT2D eigenvalue weighted by Crippen LogP contribution is 2.09. The average Bonchev–Trinajstić information content (AvgIpc) is 2.21. The third kappa shape index (κ3) is 4.09. The Morgan fingerprint density at radius 3 is 2.57 bits per heavy atom. The largest absolute Gasteiger partial charge is 0.329 e. The van der Waals surface area contributed by atoms with Crippen LogP contribution in [-0.2, 0) is 6.42 Å². The maximum absolute atomic E-state index is 5.79. The van der Waals surface area contributed by atoms with Crippen LogP contribution in [0.15, 0.2) is 24.3 Å². The zero-order chi connectivity index (χ0) is 10.4. The lowest BCUT2D eigenvalue weighted by Gasteiger charge is -2.10. The first-order valence-corrected chi connectivity index (χ1v) is 5.28. The predicted molar refractivity (Wildman–Crippen MR) is 61.7 cm³/mol. The van der Waals surface area contributed by atoms with Gasteiger partial charge in [0.05, 0.1) is 0 Å². The van der Waals surface area contributed by atoms with Crippen molar-refractivity contribution in [2.24, 2.45) is 5.73 Å². The summed E-state index contributed by atoms with van der Waals surface area (Å²) in [5, 5.41) is 4.13. The summed E-state index contributed by atoms with van der Waals surface area (Å²) in [4.78, 5) is 0. The molecule has 0 unspecified atom stereocenters. The van der Waals surface area contributed by atoms with Gasteiger partial charge in [-0.3, -0.25) is 0 Å². The van der Waals surface area contributed by atoms with Crippen LogP contribution in [0.2, 0.25) is 5.02 Å². The molecule has 0 aliphatic carbocycles. The Morgan fingerprint density at radius 1 is 1.36 bits per heavy atom. The topological polar surface area (TPSA) is 38.0 Å². The number of nitrogens with one attached hydrogen (secondary N) is 1. The van der Waals surface area contributed by atoms with E-state index in [0.29, 0.717) is 12.6 Å². The van der Waals surface area contributed by atoms with Crippen molar-refractivity contribution in [1.29, 1.82) is 0 Å². The lowest BCUT2D eigenvalue weighted by molar-refractivity contribution is 0.559. The lowest BCUT2D eigenvalue weighted by Crippen LogP contribution is -2.34. The maximum atomic E-state index is 5.79. The van der Waals surface area contributed by atoms with E-state index in [1.54, 1.807) is 0 Å². The smallest absolute Gasteiger partial charge is 0.0406 e. The van der Waals surface area contributed by atoms with Crippen LogP contribution in [0, 0.1) is 0 Å². The Hall–Kier alpha value is -0.570. The molecule has 0 bridgehead atoms. The quantitative estimate of drug-likeness (QED) is 0.782. The van der Waals surface area contributed by atoms with Crippen LogP contribution >= 0.6 is 11.6 Å². The highest BCUT2D eigenvalue weighted by Gasteiger charge is 1.97. The summed E-state index contributed by atoms with van der Waals surface area (Å²) in [6, 6.07) is 8.34. The molecule has 78 valence electrons. The van der Waals surface area contributed by atoms with E-state index in [2.05, 4.69) is 24.4 Å². The number of hydrogen-bond acceptors (Lipinski definition) is 2. The fourth-order valence-electron chi connectivity index (χ4n) is 1.20. The van der Waals surface area contributed by atoms with Crippen LogP contribution < -0.4 is 11.1 Å². The molecule has 0 fully saturated rings. The molecule has 0 saturated heterocycles. The molecule has 14 heavy (non-hydrogen) atoms. The van der Waals surface area contributed by atoms with Gasteiger partial charge < -0.3 is 11.1 Å². The minimum absolute atomic E-state index is 0.391. The van der Waals surface area contributed by atoms with E-state index < -0.39 is 0 Å². The summed E-state index contributed by atoms with van der Waals surface area (Å²) in [7, 11) is 0. The van der Waals surface area contributed by atoms with Gasteiger partial charge in [-0.1, -0.05) is 23.7 Å². The molecule has 0 heterocycles. The van der Waals surface area contributed by atoms with Gasteiger partial charge in [-0.15, -0.1) is 0 Å². The third-order valence-corrected chi connectivity index (χ3v) is 2.43. The van der Waals surface area contributed by atoms with Crippen LogP contribution in [0.5, 0.6) is 0 Å². The molecule has 3 heteroatoms. The lowest BCUT2D eigenvalue weighted by atomic mass is 10.1. The number of halogens is 1. The fourth-order valence-corrected chi connectivity index (χ4v) is 1.32. The van der Waals surface area contributed by atoms with Crippen LogP contribution in [0.3, 0.4) is 0 Å². The van der Waals surface area contributed by atoms with E-state index in [0.717, 1.165) is 18.0 Å². The summed E-state index contributed by atoms with van der Waals surface area (Å²) < 4.78 is 0. The van der Waals surface area contributed by atoms with E-state index in [4.69, 9.17) is 17.3 Å². The molecule has 0 spiro atoms. The van der Waals surface area contributed by atoms with Gasteiger partial charge in [-0.05, 0) is 37.6 Å². The molecule has 3 N–H and O–H groups in total. The highest BCUT2D eigenvalue weighted by atomic mass is 35.5. The van der Waals surface area contributed by atoms with Gasteiger partial charge >= 0.3 is 0 Å². The van der Waals surface area contributed by atoms with Gasteiger partial charge in [-0.2, -0.15) is 0 Å². The predicted octanol–water partition coefficient (Wildman–Crippen LogP) is 1.82. The van der Waals surface area contributed by atoms with Crippen LogP contribution in [0.1, 0.15) is 12.5 Å². The number of nitrogens with two attached hydrogens (primary N) is 1. The number of hydrogen-bond donors (Lipinski definition) is 2. The molecule has 0 aliphatic heterocycles. The Balaban J connectivity index is 2.28. The Labute approximate surface area is 90.4 Å². The molecule has 0 aromatic heterocycles. The molecular weight excluding hydrogens is 196 g/mol.